The zero-order valence-electron chi connectivity index (χ0n) is 10.4. The minimum atomic E-state index is -0.427. The first-order valence-corrected chi connectivity index (χ1v) is 6.49. The van der Waals surface area contributed by atoms with Crippen molar-refractivity contribution in [1.82, 2.24) is 10.3 Å². The molecule has 0 aliphatic rings. The number of carbonyl (C=O) groups is 1. The lowest BCUT2D eigenvalue weighted by atomic mass is 10.0. The second-order valence-electron chi connectivity index (χ2n) is 4.43. The van der Waals surface area contributed by atoms with Crippen molar-refractivity contribution in [2.24, 2.45) is 0 Å². The van der Waals surface area contributed by atoms with Crippen molar-refractivity contribution >= 4 is 22.5 Å². The van der Waals surface area contributed by atoms with E-state index in [0.29, 0.717) is 11.6 Å². The summed E-state index contributed by atoms with van der Waals surface area (Å²) in [5.41, 5.74) is 0.545. The number of hydrogen-bond acceptors (Lipinski definition) is 4. The Morgan fingerprint density at radius 3 is 2.82 bits per heavy atom. The highest BCUT2D eigenvalue weighted by Gasteiger charge is 2.20. The van der Waals surface area contributed by atoms with Gasteiger partial charge in [-0.1, -0.05) is 6.92 Å². The number of aliphatic hydroxyl groups excluding tert-OH is 1. The average molecular weight is 257 g/mol. The summed E-state index contributed by atoms with van der Waals surface area (Å²) < 4.78 is 0. The normalized spacial score (nSPS) is 11.3. The number of hydrogen-bond donors (Lipinski definition) is 3. The molecule has 0 radical (unpaired) electrons. The minimum Gasteiger partial charge on any atom is -0.396 e. The third-order valence-electron chi connectivity index (χ3n) is 2.32. The molecule has 0 fully saturated rings. The lowest BCUT2D eigenvalue weighted by molar-refractivity contribution is 0.218. The zero-order valence-corrected chi connectivity index (χ0v) is 11.2. The smallest absolute Gasteiger partial charge is 0.321 e. The summed E-state index contributed by atoms with van der Waals surface area (Å²) in [4.78, 5) is 15.9. The van der Waals surface area contributed by atoms with Gasteiger partial charge in [0.2, 0.25) is 0 Å². The van der Waals surface area contributed by atoms with Crippen LogP contribution in [0.5, 0.6) is 0 Å². The predicted molar refractivity (Wildman–Crippen MR) is 69.4 cm³/mol. The van der Waals surface area contributed by atoms with Gasteiger partial charge in [-0.25, -0.2) is 9.78 Å². The number of nitrogens with zero attached hydrogens (tertiary/aromatic N) is 1. The van der Waals surface area contributed by atoms with Gasteiger partial charge in [0.25, 0.3) is 0 Å². The molecule has 3 N–H and O–H groups in total. The maximum absolute atomic E-state index is 11.7. The lowest BCUT2D eigenvalue weighted by Gasteiger charge is -2.24. The molecule has 1 aromatic heterocycles. The van der Waals surface area contributed by atoms with Crippen LogP contribution in [0.25, 0.3) is 0 Å². The highest BCUT2D eigenvalue weighted by atomic mass is 32.1. The molecule has 1 heterocycles. The molecule has 2 amide bonds. The fourth-order valence-electron chi connectivity index (χ4n) is 1.30. The fraction of sp³-hybridized carbons (Fsp3) is 0.636. The van der Waals surface area contributed by atoms with Crippen molar-refractivity contribution in [2.75, 3.05) is 11.9 Å². The first kappa shape index (κ1) is 13.9. The summed E-state index contributed by atoms with van der Waals surface area (Å²) in [5.74, 6) is 0. The molecule has 0 aliphatic carbocycles. The summed E-state index contributed by atoms with van der Waals surface area (Å²) in [6, 6.07) is -0.291. The monoisotopic (exact) mass is 257 g/mol. The molecule has 5 nitrogen and oxygen atoms in total. The maximum Gasteiger partial charge on any atom is 0.321 e. The number of aryl methyl sites for hydroxylation is 1. The standard InChI is InChI=1S/C11H19N3O2S/c1-4-8-7-17-10(12-8)13-9(16)14-11(2,3)5-6-15/h7,15H,4-6H2,1-3H3,(H2,12,13,14,16). The van der Waals surface area contributed by atoms with Crippen LogP contribution in [-0.2, 0) is 6.42 Å². The van der Waals surface area contributed by atoms with E-state index >= 15 is 0 Å². The Hall–Kier alpha value is -1.14. The molecular formula is C11H19N3O2S. The molecule has 0 saturated carbocycles. The van der Waals surface area contributed by atoms with E-state index < -0.39 is 5.54 Å². The second kappa shape index (κ2) is 5.97. The van der Waals surface area contributed by atoms with Crippen LogP contribution in [0.4, 0.5) is 9.93 Å². The van der Waals surface area contributed by atoms with Crippen LogP contribution in [0, 0.1) is 0 Å². The van der Waals surface area contributed by atoms with Crippen molar-refractivity contribution in [3.8, 4) is 0 Å². The van der Waals surface area contributed by atoms with Crippen LogP contribution >= 0.6 is 11.3 Å². The molecule has 0 unspecified atom stereocenters. The Bertz CT molecular complexity index is 377. The zero-order chi connectivity index (χ0) is 12.9. The Morgan fingerprint density at radius 2 is 2.29 bits per heavy atom. The van der Waals surface area contributed by atoms with Gasteiger partial charge in [-0.2, -0.15) is 0 Å². The highest BCUT2D eigenvalue weighted by molar-refractivity contribution is 7.13. The topological polar surface area (TPSA) is 74.2 Å². The fourth-order valence-corrected chi connectivity index (χ4v) is 2.09. The first-order chi connectivity index (χ1) is 7.96. The molecule has 17 heavy (non-hydrogen) atoms. The van der Waals surface area contributed by atoms with E-state index in [-0.39, 0.29) is 12.6 Å². The Labute approximate surface area is 105 Å². The Morgan fingerprint density at radius 1 is 1.59 bits per heavy atom. The van der Waals surface area contributed by atoms with Gasteiger partial charge >= 0.3 is 6.03 Å². The molecule has 96 valence electrons. The quantitative estimate of drug-likeness (QED) is 0.755. The van der Waals surface area contributed by atoms with Crippen LogP contribution < -0.4 is 10.6 Å². The number of anilines is 1. The first-order valence-electron chi connectivity index (χ1n) is 5.61. The highest BCUT2D eigenvalue weighted by Crippen LogP contribution is 2.16. The van der Waals surface area contributed by atoms with Gasteiger partial charge in [-0.3, -0.25) is 5.32 Å². The van der Waals surface area contributed by atoms with Gasteiger partial charge in [0.15, 0.2) is 5.13 Å². The molecule has 1 rings (SSSR count). The molecule has 1 aromatic rings. The number of rotatable bonds is 5. The summed E-state index contributed by atoms with van der Waals surface area (Å²) in [7, 11) is 0. The van der Waals surface area contributed by atoms with E-state index in [0.717, 1.165) is 12.1 Å². The largest absolute Gasteiger partial charge is 0.396 e. The number of thiazole rings is 1. The predicted octanol–water partition coefficient (Wildman–Crippen LogP) is 1.99. The molecule has 0 aliphatic heterocycles. The van der Waals surface area contributed by atoms with Gasteiger partial charge in [0.05, 0.1) is 5.69 Å². The van der Waals surface area contributed by atoms with E-state index in [1.807, 2.05) is 26.2 Å². The SMILES string of the molecule is CCc1csc(NC(=O)NC(C)(C)CCO)n1. The third-order valence-corrected chi connectivity index (χ3v) is 3.13. The molecular weight excluding hydrogens is 238 g/mol. The summed E-state index contributed by atoms with van der Waals surface area (Å²) in [6.07, 6.45) is 1.37. The average Bonchev–Trinajstić information content (AvgIpc) is 2.64. The van der Waals surface area contributed by atoms with Crippen molar-refractivity contribution in [1.29, 1.82) is 0 Å². The molecule has 0 spiro atoms. The number of carbonyl (C=O) groups excluding carboxylic acids is 1. The number of aromatic nitrogens is 1. The van der Waals surface area contributed by atoms with Crippen molar-refractivity contribution < 1.29 is 9.90 Å². The Kier molecular flexibility index (Phi) is 4.89. The molecule has 0 saturated heterocycles. The summed E-state index contributed by atoms with van der Waals surface area (Å²) in [6.45, 7) is 5.79. The van der Waals surface area contributed by atoms with Gasteiger partial charge in [-0.05, 0) is 26.7 Å². The van der Waals surface area contributed by atoms with Crippen molar-refractivity contribution in [3.05, 3.63) is 11.1 Å². The molecule has 0 atom stereocenters. The van der Waals surface area contributed by atoms with E-state index in [1.165, 1.54) is 11.3 Å². The maximum atomic E-state index is 11.7. The van der Waals surface area contributed by atoms with Gasteiger partial charge in [0, 0.05) is 17.5 Å². The van der Waals surface area contributed by atoms with E-state index in [4.69, 9.17) is 5.11 Å². The van der Waals surface area contributed by atoms with Crippen LogP contribution in [0.15, 0.2) is 5.38 Å². The van der Waals surface area contributed by atoms with Crippen molar-refractivity contribution in [3.63, 3.8) is 0 Å². The summed E-state index contributed by atoms with van der Waals surface area (Å²) >= 11 is 1.41. The van der Waals surface area contributed by atoms with Gasteiger partial charge < -0.3 is 10.4 Å². The third kappa shape index (κ3) is 4.70. The Balaban J connectivity index is 2.49. The summed E-state index contributed by atoms with van der Waals surface area (Å²) in [5, 5.41) is 16.9. The minimum absolute atomic E-state index is 0.0461. The van der Waals surface area contributed by atoms with E-state index in [9.17, 15) is 4.79 Å². The lowest BCUT2D eigenvalue weighted by Crippen LogP contribution is -2.46. The number of nitrogens with one attached hydrogen (secondary N) is 2. The molecule has 0 bridgehead atoms. The van der Waals surface area contributed by atoms with Gasteiger partial charge in [0.1, 0.15) is 0 Å². The number of amides is 2. The van der Waals surface area contributed by atoms with Crippen LogP contribution in [0.3, 0.4) is 0 Å². The van der Waals surface area contributed by atoms with Gasteiger partial charge in [-0.15, -0.1) is 11.3 Å². The van der Waals surface area contributed by atoms with E-state index in [2.05, 4.69) is 15.6 Å². The molecule has 0 aromatic carbocycles. The molecule has 6 heteroatoms. The van der Waals surface area contributed by atoms with Crippen LogP contribution in [0.1, 0.15) is 32.9 Å². The van der Waals surface area contributed by atoms with Crippen LogP contribution in [-0.4, -0.2) is 28.3 Å². The van der Waals surface area contributed by atoms with E-state index in [1.54, 1.807) is 0 Å². The van der Waals surface area contributed by atoms with Crippen LogP contribution in [0.2, 0.25) is 0 Å². The number of aliphatic hydroxyl groups is 1. The number of urea groups is 1. The second-order valence-corrected chi connectivity index (χ2v) is 5.29. The van der Waals surface area contributed by atoms with Crippen molar-refractivity contribution in [2.45, 2.75) is 39.2 Å².